The normalized spacial score (nSPS) is 23.4. The third-order valence-electron chi connectivity index (χ3n) is 5.52. The van der Waals surface area contributed by atoms with Gasteiger partial charge < -0.3 is 14.0 Å². The zero-order valence-electron chi connectivity index (χ0n) is 16.0. The summed E-state index contributed by atoms with van der Waals surface area (Å²) in [6.07, 6.45) is 3.16. The monoisotopic (exact) mass is 343 g/mol. The first-order chi connectivity index (χ1) is 11.9. The Morgan fingerprint density at radius 3 is 2.20 bits per heavy atom. The molecule has 3 rings (SSSR count). The lowest BCUT2D eigenvalue weighted by Gasteiger charge is -2.32. The summed E-state index contributed by atoms with van der Waals surface area (Å²) in [4.78, 5) is 2.47. The molecule has 0 atom stereocenters. The number of morpholine rings is 1. The average Bonchev–Trinajstić information content (AvgIpc) is 2.80. The van der Waals surface area contributed by atoms with E-state index in [0.717, 1.165) is 39.3 Å². The van der Waals surface area contributed by atoms with Gasteiger partial charge in [-0.2, -0.15) is 0 Å². The van der Waals surface area contributed by atoms with Gasteiger partial charge in [-0.1, -0.05) is 36.3 Å². The molecule has 25 heavy (non-hydrogen) atoms. The van der Waals surface area contributed by atoms with E-state index in [-0.39, 0.29) is 18.3 Å². The topological polar surface area (TPSA) is 30.9 Å². The van der Waals surface area contributed by atoms with Crippen LogP contribution < -0.4 is 0 Å². The van der Waals surface area contributed by atoms with Crippen molar-refractivity contribution in [1.82, 2.24) is 4.90 Å². The third kappa shape index (κ3) is 4.73. The molecule has 2 aliphatic heterocycles. The Bertz CT molecular complexity index is 575. The van der Waals surface area contributed by atoms with E-state index in [2.05, 4.69) is 62.9 Å². The Morgan fingerprint density at radius 2 is 1.60 bits per heavy atom. The Hall–Kier alpha value is -1.14. The Labute approximate surface area is 152 Å². The number of ether oxygens (including phenoxy) is 1. The number of hydrogen-bond donors (Lipinski definition) is 0. The molecule has 2 fully saturated rings. The Balaban J connectivity index is 1.51. The van der Waals surface area contributed by atoms with Crippen molar-refractivity contribution in [2.75, 3.05) is 32.8 Å². The fourth-order valence-corrected chi connectivity index (χ4v) is 3.06. The summed E-state index contributed by atoms with van der Waals surface area (Å²) in [6, 6.07) is 8.75. The molecule has 0 aromatic heterocycles. The van der Waals surface area contributed by atoms with Crippen LogP contribution in [0.2, 0.25) is 0 Å². The van der Waals surface area contributed by atoms with E-state index in [9.17, 15) is 0 Å². The molecule has 2 aliphatic rings. The molecule has 136 valence electrons. The van der Waals surface area contributed by atoms with Crippen LogP contribution in [0.15, 0.2) is 30.2 Å². The van der Waals surface area contributed by atoms with Crippen LogP contribution in [0.25, 0.3) is 6.08 Å². The molecule has 0 N–H and O–H groups in total. The van der Waals surface area contributed by atoms with Crippen LogP contribution in [-0.4, -0.2) is 56.1 Å². The fourth-order valence-electron chi connectivity index (χ4n) is 3.06. The maximum atomic E-state index is 5.99. The molecule has 0 amide bonds. The van der Waals surface area contributed by atoms with E-state index in [1.807, 2.05) is 5.98 Å². The lowest BCUT2D eigenvalue weighted by molar-refractivity contribution is 0.00578. The van der Waals surface area contributed by atoms with Crippen molar-refractivity contribution >= 4 is 13.2 Å². The molecular formula is C20H30BNO3. The van der Waals surface area contributed by atoms with Gasteiger partial charge >= 0.3 is 7.12 Å². The molecular weight excluding hydrogens is 313 g/mol. The Kier molecular flexibility index (Phi) is 5.69. The van der Waals surface area contributed by atoms with Crippen molar-refractivity contribution in [2.45, 2.75) is 45.3 Å². The highest BCUT2D eigenvalue weighted by Crippen LogP contribution is 2.37. The lowest BCUT2D eigenvalue weighted by Crippen LogP contribution is -2.41. The smallest absolute Gasteiger partial charge is 0.400 e. The quantitative estimate of drug-likeness (QED) is 0.769. The first-order valence-electron chi connectivity index (χ1n) is 9.29. The molecule has 5 heteroatoms. The number of benzene rings is 1. The molecule has 0 radical (unpaired) electrons. The number of rotatable bonds is 5. The summed E-state index contributed by atoms with van der Waals surface area (Å²) >= 11 is 0. The van der Waals surface area contributed by atoms with Crippen LogP contribution in [0.3, 0.4) is 0 Å². The third-order valence-corrected chi connectivity index (χ3v) is 5.52. The maximum absolute atomic E-state index is 5.99. The van der Waals surface area contributed by atoms with E-state index >= 15 is 0 Å². The van der Waals surface area contributed by atoms with Gasteiger partial charge in [0.25, 0.3) is 0 Å². The molecule has 1 aromatic carbocycles. The van der Waals surface area contributed by atoms with Crippen molar-refractivity contribution in [3.05, 3.63) is 41.4 Å². The summed E-state index contributed by atoms with van der Waals surface area (Å²) in [6.45, 7) is 13.2. The van der Waals surface area contributed by atoms with Crippen LogP contribution in [-0.2, 0) is 20.5 Å². The van der Waals surface area contributed by atoms with Crippen LogP contribution in [0.5, 0.6) is 0 Å². The molecule has 2 heterocycles. The second kappa shape index (κ2) is 7.62. The summed E-state index contributed by atoms with van der Waals surface area (Å²) in [7, 11) is -0.286. The molecule has 1 aromatic rings. The maximum Gasteiger partial charge on any atom is 0.487 e. The van der Waals surface area contributed by atoms with E-state index in [1.165, 1.54) is 11.1 Å². The molecule has 2 saturated heterocycles. The highest BCUT2D eigenvalue weighted by Gasteiger charge is 2.49. The fraction of sp³-hybridized carbons (Fsp3) is 0.600. The van der Waals surface area contributed by atoms with Gasteiger partial charge in [0.2, 0.25) is 0 Å². The average molecular weight is 343 g/mol. The summed E-state index contributed by atoms with van der Waals surface area (Å²) in [5.41, 5.74) is 1.97. The van der Waals surface area contributed by atoms with Gasteiger partial charge in [-0.15, -0.1) is 0 Å². The largest absolute Gasteiger partial charge is 0.487 e. The van der Waals surface area contributed by atoms with Gasteiger partial charge in [0, 0.05) is 19.6 Å². The molecule has 0 bridgehead atoms. The van der Waals surface area contributed by atoms with Crippen LogP contribution >= 0.6 is 0 Å². The van der Waals surface area contributed by atoms with Gasteiger partial charge in [0.1, 0.15) is 0 Å². The van der Waals surface area contributed by atoms with Crippen molar-refractivity contribution in [3.8, 4) is 0 Å². The number of nitrogens with zero attached hydrogens (tertiary/aromatic N) is 1. The first kappa shape index (κ1) is 18.6. The van der Waals surface area contributed by atoms with Crippen LogP contribution in [0, 0.1) is 0 Å². The van der Waals surface area contributed by atoms with Crippen molar-refractivity contribution < 1.29 is 14.0 Å². The van der Waals surface area contributed by atoms with Crippen molar-refractivity contribution in [2.24, 2.45) is 0 Å². The second-order valence-corrected chi connectivity index (χ2v) is 7.93. The molecule has 0 spiro atoms. The predicted molar refractivity (Wildman–Crippen MR) is 103 cm³/mol. The van der Waals surface area contributed by atoms with Gasteiger partial charge in [-0.25, -0.2) is 0 Å². The van der Waals surface area contributed by atoms with E-state index in [0.29, 0.717) is 0 Å². The minimum atomic E-state index is -0.286. The SMILES string of the molecule is CC1(C)OB(/C=C/c2ccc(CCN3CCOCC3)cc2)OC1(C)C. The zero-order valence-corrected chi connectivity index (χ0v) is 16.0. The van der Waals surface area contributed by atoms with Gasteiger partial charge in [-0.05, 0) is 45.2 Å². The van der Waals surface area contributed by atoms with Gasteiger partial charge in [0.05, 0.1) is 24.4 Å². The van der Waals surface area contributed by atoms with Crippen LogP contribution in [0.1, 0.15) is 38.8 Å². The minimum Gasteiger partial charge on any atom is -0.400 e. The zero-order chi connectivity index (χ0) is 17.9. The Morgan fingerprint density at radius 1 is 1.00 bits per heavy atom. The van der Waals surface area contributed by atoms with E-state index in [1.54, 1.807) is 0 Å². The number of hydrogen-bond acceptors (Lipinski definition) is 4. The first-order valence-corrected chi connectivity index (χ1v) is 9.29. The molecule has 0 unspecified atom stereocenters. The predicted octanol–water partition coefficient (Wildman–Crippen LogP) is 3.21. The highest BCUT2D eigenvalue weighted by atomic mass is 16.7. The molecule has 4 nitrogen and oxygen atoms in total. The standard InChI is InChI=1S/C20H30BNO3/c1-19(2)20(3,4)25-21(24-19)11-9-17-5-7-18(8-6-17)10-12-22-13-15-23-16-14-22/h5-9,11H,10,12-16H2,1-4H3/b11-9+. The van der Waals surface area contributed by atoms with Crippen molar-refractivity contribution in [1.29, 1.82) is 0 Å². The molecule has 0 aliphatic carbocycles. The minimum absolute atomic E-state index is 0.286. The summed E-state index contributed by atoms with van der Waals surface area (Å²) in [5.74, 6) is 2.00. The van der Waals surface area contributed by atoms with Crippen molar-refractivity contribution in [3.63, 3.8) is 0 Å². The summed E-state index contributed by atoms with van der Waals surface area (Å²) in [5, 5.41) is 0. The van der Waals surface area contributed by atoms with Crippen LogP contribution in [0.4, 0.5) is 0 Å². The summed E-state index contributed by atoms with van der Waals surface area (Å²) < 4.78 is 17.4. The van der Waals surface area contributed by atoms with E-state index < -0.39 is 0 Å². The lowest BCUT2D eigenvalue weighted by atomic mass is 9.89. The second-order valence-electron chi connectivity index (χ2n) is 7.93. The molecule has 0 saturated carbocycles. The van der Waals surface area contributed by atoms with E-state index in [4.69, 9.17) is 14.0 Å². The highest BCUT2D eigenvalue weighted by molar-refractivity contribution is 6.52. The van der Waals surface area contributed by atoms with Gasteiger partial charge in [-0.3, -0.25) is 4.90 Å². The van der Waals surface area contributed by atoms with Gasteiger partial charge in [0.15, 0.2) is 0 Å².